The lowest BCUT2D eigenvalue weighted by molar-refractivity contribution is 0.0540. The molecule has 98 valence electrons. The number of nitrogens with one attached hydrogen (secondary N) is 1. The predicted octanol–water partition coefficient (Wildman–Crippen LogP) is 2.52. The molecule has 1 N–H and O–H groups in total. The Morgan fingerprint density at radius 2 is 2.22 bits per heavy atom. The standard InChI is InChI=1S/C13H20N4O/c1-4-17(11-7-13(2,3)8-11)12(18)16-10-5-6-14-15-9-10/h5-6,9,11H,4,7-8H2,1-3H3,(H,14,16,18). The molecule has 0 aliphatic heterocycles. The molecule has 1 aliphatic carbocycles. The third kappa shape index (κ3) is 2.78. The number of aromatic nitrogens is 2. The van der Waals surface area contributed by atoms with Crippen LogP contribution in [0.3, 0.4) is 0 Å². The molecule has 0 radical (unpaired) electrons. The second-order valence-electron chi connectivity index (χ2n) is 5.57. The average Bonchev–Trinajstić information content (AvgIpc) is 2.29. The molecule has 0 spiro atoms. The molecule has 1 saturated carbocycles. The van der Waals surface area contributed by atoms with Crippen molar-refractivity contribution in [2.75, 3.05) is 11.9 Å². The number of hydrogen-bond acceptors (Lipinski definition) is 3. The minimum Gasteiger partial charge on any atom is -0.322 e. The Bertz CT molecular complexity index is 410. The van der Waals surface area contributed by atoms with E-state index in [1.807, 2.05) is 11.8 Å². The van der Waals surface area contributed by atoms with Crippen LogP contribution in [-0.4, -0.2) is 33.7 Å². The SMILES string of the molecule is CCN(C(=O)Nc1ccnnc1)C1CC(C)(C)C1. The van der Waals surface area contributed by atoms with Crippen LogP contribution in [0.4, 0.5) is 10.5 Å². The van der Waals surface area contributed by atoms with Crippen molar-refractivity contribution in [1.29, 1.82) is 0 Å². The van der Waals surface area contributed by atoms with Crippen LogP contribution in [0.25, 0.3) is 0 Å². The summed E-state index contributed by atoms with van der Waals surface area (Å²) in [4.78, 5) is 14.1. The first-order valence-electron chi connectivity index (χ1n) is 6.36. The molecule has 0 saturated heterocycles. The number of amides is 2. The number of rotatable bonds is 3. The lowest BCUT2D eigenvalue weighted by Crippen LogP contribution is -2.52. The second kappa shape index (κ2) is 4.92. The van der Waals surface area contributed by atoms with Crippen molar-refractivity contribution in [3.63, 3.8) is 0 Å². The Hall–Kier alpha value is -1.65. The van der Waals surface area contributed by atoms with Crippen LogP contribution in [-0.2, 0) is 0 Å². The van der Waals surface area contributed by atoms with E-state index in [0.717, 1.165) is 19.4 Å². The maximum absolute atomic E-state index is 12.2. The minimum absolute atomic E-state index is 0.0500. The van der Waals surface area contributed by atoms with E-state index < -0.39 is 0 Å². The van der Waals surface area contributed by atoms with Gasteiger partial charge in [-0.15, -0.1) is 0 Å². The van der Waals surface area contributed by atoms with Crippen LogP contribution < -0.4 is 5.32 Å². The summed E-state index contributed by atoms with van der Waals surface area (Å²) in [5.74, 6) is 0. The van der Waals surface area contributed by atoms with Gasteiger partial charge in [-0.25, -0.2) is 4.79 Å². The molecule has 1 aromatic heterocycles. The summed E-state index contributed by atoms with van der Waals surface area (Å²) in [5.41, 5.74) is 1.06. The number of carbonyl (C=O) groups excluding carboxylic acids is 1. The van der Waals surface area contributed by atoms with E-state index in [0.29, 0.717) is 17.1 Å². The van der Waals surface area contributed by atoms with Gasteiger partial charge in [-0.05, 0) is 31.2 Å². The highest BCUT2D eigenvalue weighted by atomic mass is 16.2. The molecule has 1 aliphatic rings. The maximum atomic E-state index is 12.2. The van der Waals surface area contributed by atoms with Gasteiger partial charge in [-0.1, -0.05) is 13.8 Å². The molecule has 5 heteroatoms. The topological polar surface area (TPSA) is 58.1 Å². The zero-order chi connectivity index (χ0) is 13.2. The van der Waals surface area contributed by atoms with E-state index in [-0.39, 0.29) is 6.03 Å². The number of carbonyl (C=O) groups is 1. The molecule has 0 aromatic carbocycles. The van der Waals surface area contributed by atoms with Crippen molar-refractivity contribution in [2.24, 2.45) is 5.41 Å². The van der Waals surface area contributed by atoms with E-state index in [1.54, 1.807) is 18.5 Å². The fraction of sp³-hybridized carbons (Fsp3) is 0.615. The quantitative estimate of drug-likeness (QED) is 0.894. The van der Waals surface area contributed by atoms with Crippen LogP contribution in [0.1, 0.15) is 33.6 Å². The highest BCUT2D eigenvalue weighted by Crippen LogP contribution is 2.42. The molecule has 0 atom stereocenters. The molecular weight excluding hydrogens is 228 g/mol. The molecule has 0 unspecified atom stereocenters. The van der Waals surface area contributed by atoms with Crippen molar-refractivity contribution >= 4 is 11.7 Å². The fourth-order valence-electron chi connectivity index (χ4n) is 2.56. The fourth-order valence-corrected chi connectivity index (χ4v) is 2.56. The van der Waals surface area contributed by atoms with Gasteiger partial charge in [0.15, 0.2) is 0 Å². The third-order valence-electron chi connectivity index (χ3n) is 3.45. The van der Waals surface area contributed by atoms with Crippen LogP contribution in [0.15, 0.2) is 18.5 Å². The molecule has 18 heavy (non-hydrogen) atoms. The van der Waals surface area contributed by atoms with Gasteiger partial charge >= 0.3 is 6.03 Å². The van der Waals surface area contributed by atoms with Crippen molar-refractivity contribution in [3.8, 4) is 0 Å². The van der Waals surface area contributed by atoms with Gasteiger partial charge in [-0.3, -0.25) is 0 Å². The monoisotopic (exact) mass is 248 g/mol. The van der Waals surface area contributed by atoms with Crippen molar-refractivity contribution < 1.29 is 4.79 Å². The molecule has 2 rings (SSSR count). The van der Waals surface area contributed by atoms with Crippen LogP contribution in [0.2, 0.25) is 0 Å². The largest absolute Gasteiger partial charge is 0.322 e. The molecule has 2 amide bonds. The Labute approximate surface area is 108 Å². The third-order valence-corrected chi connectivity index (χ3v) is 3.45. The molecule has 1 fully saturated rings. The van der Waals surface area contributed by atoms with E-state index in [9.17, 15) is 4.79 Å². The number of anilines is 1. The van der Waals surface area contributed by atoms with E-state index >= 15 is 0 Å². The van der Waals surface area contributed by atoms with E-state index in [2.05, 4.69) is 29.4 Å². The number of hydrogen-bond donors (Lipinski definition) is 1. The van der Waals surface area contributed by atoms with Crippen LogP contribution >= 0.6 is 0 Å². The van der Waals surface area contributed by atoms with Gasteiger partial charge in [0, 0.05) is 12.6 Å². The Kier molecular flexibility index (Phi) is 3.50. The van der Waals surface area contributed by atoms with Crippen molar-refractivity contribution in [2.45, 2.75) is 39.7 Å². The molecular formula is C13H20N4O. The summed E-state index contributed by atoms with van der Waals surface area (Å²) >= 11 is 0. The van der Waals surface area contributed by atoms with Crippen LogP contribution in [0, 0.1) is 5.41 Å². The van der Waals surface area contributed by atoms with Crippen LogP contribution in [0.5, 0.6) is 0 Å². The lowest BCUT2D eigenvalue weighted by atomic mass is 9.68. The van der Waals surface area contributed by atoms with Gasteiger partial charge in [0.1, 0.15) is 0 Å². The molecule has 5 nitrogen and oxygen atoms in total. The minimum atomic E-state index is -0.0500. The second-order valence-corrected chi connectivity index (χ2v) is 5.57. The molecule has 1 heterocycles. The normalized spacial score (nSPS) is 17.9. The first-order chi connectivity index (χ1) is 8.52. The first-order valence-corrected chi connectivity index (χ1v) is 6.36. The lowest BCUT2D eigenvalue weighted by Gasteiger charge is -2.47. The Balaban J connectivity index is 1.95. The summed E-state index contributed by atoms with van der Waals surface area (Å²) in [7, 11) is 0. The molecule has 0 bridgehead atoms. The summed E-state index contributed by atoms with van der Waals surface area (Å²) < 4.78 is 0. The van der Waals surface area contributed by atoms with Crippen molar-refractivity contribution in [1.82, 2.24) is 15.1 Å². The number of urea groups is 1. The average molecular weight is 248 g/mol. The Morgan fingerprint density at radius 3 is 2.72 bits per heavy atom. The van der Waals surface area contributed by atoms with Gasteiger partial charge in [0.05, 0.1) is 18.1 Å². The van der Waals surface area contributed by atoms with Gasteiger partial charge in [-0.2, -0.15) is 10.2 Å². The van der Waals surface area contributed by atoms with Gasteiger partial charge < -0.3 is 10.2 Å². The van der Waals surface area contributed by atoms with E-state index in [1.165, 1.54) is 0 Å². The smallest absolute Gasteiger partial charge is 0.322 e. The summed E-state index contributed by atoms with van der Waals surface area (Å²) in [6.45, 7) is 7.21. The highest BCUT2D eigenvalue weighted by molar-refractivity contribution is 5.89. The summed E-state index contributed by atoms with van der Waals surface area (Å²) in [6, 6.07) is 2.05. The maximum Gasteiger partial charge on any atom is 0.322 e. The van der Waals surface area contributed by atoms with Gasteiger partial charge in [0.2, 0.25) is 0 Å². The first kappa shape index (κ1) is 12.8. The Morgan fingerprint density at radius 1 is 1.50 bits per heavy atom. The van der Waals surface area contributed by atoms with E-state index in [4.69, 9.17) is 0 Å². The van der Waals surface area contributed by atoms with Crippen molar-refractivity contribution in [3.05, 3.63) is 18.5 Å². The molecule has 1 aromatic rings. The zero-order valence-electron chi connectivity index (χ0n) is 11.2. The highest BCUT2D eigenvalue weighted by Gasteiger charge is 2.40. The number of nitrogens with zero attached hydrogens (tertiary/aromatic N) is 3. The zero-order valence-corrected chi connectivity index (χ0v) is 11.2. The predicted molar refractivity (Wildman–Crippen MR) is 70.2 cm³/mol. The van der Waals surface area contributed by atoms with Gasteiger partial charge in [0.25, 0.3) is 0 Å². The summed E-state index contributed by atoms with van der Waals surface area (Å²) in [6.07, 6.45) is 5.26. The summed E-state index contributed by atoms with van der Waals surface area (Å²) in [5, 5.41) is 10.3.